The van der Waals surface area contributed by atoms with E-state index in [1.165, 1.54) is 24.5 Å². The molecule has 0 aliphatic rings. The number of hydrogen-bond acceptors (Lipinski definition) is 3. The summed E-state index contributed by atoms with van der Waals surface area (Å²) in [6, 6.07) is 4.32. The van der Waals surface area contributed by atoms with Crippen LogP contribution in [0.4, 0.5) is 15.8 Å². The van der Waals surface area contributed by atoms with Crippen LogP contribution in [-0.2, 0) is 0 Å². The molecule has 1 aromatic carbocycles. The Morgan fingerprint density at radius 2 is 2.29 bits per heavy atom. The summed E-state index contributed by atoms with van der Waals surface area (Å²) in [7, 11) is 1.56. The van der Waals surface area contributed by atoms with E-state index in [1.54, 1.807) is 13.1 Å². The highest BCUT2D eigenvalue weighted by molar-refractivity contribution is 6.07. The zero-order valence-electron chi connectivity index (χ0n) is 9.12. The van der Waals surface area contributed by atoms with Gasteiger partial charge in [-0.1, -0.05) is 6.07 Å². The fourth-order valence-corrected chi connectivity index (χ4v) is 1.49. The molecular formula is C11H11FN4O. The number of halogens is 1. The van der Waals surface area contributed by atoms with Crippen molar-refractivity contribution < 1.29 is 9.18 Å². The molecule has 1 amide bonds. The number of H-pyrrole nitrogens is 1. The van der Waals surface area contributed by atoms with Gasteiger partial charge in [0.1, 0.15) is 5.82 Å². The van der Waals surface area contributed by atoms with Crippen molar-refractivity contribution in [1.82, 2.24) is 10.2 Å². The van der Waals surface area contributed by atoms with E-state index in [2.05, 4.69) is 20.8 Å². The highest BCUT2D eigenvalue weighted by Gasteiger charge is 2.14. The SMILES string of the molecule is CNc1c(F)cccc1C(=O)Nc1cn[nH]c1. The van der Waals surface area contributed by atoms with Crippen LogP contribution in [0.25, 0.3) is 0 Å². The topological polar surface area (TPSA) is 69.8 Å². The minimum Gasteiger partial charge on any atom is -0.385 e. The first-order valence-electron chi connectivity index (χ1n) is 4.98. The molecule has 0 bridgehead atoms. The molecule has 0 fully saturated rings. The number of benzene rings is 1. The van der Waals surface area contributed by atoms with Gasteiger partial charge < -0.3 is 10.6 Å². The van der Waals surface area contributed by atoms with E-state index in [0.29, 0.717) is 5.69 Å². The lowest BCUT2D eigenvalue weighted by Crippen LogP contribution is -2.14. The Morgan fingerprint density at radius 3 is 2.94 bits per heavy atom. The van der Waals surface area contributed by atoms with Crippen molar-refractivity contribution in [1.29, 1.82) is 0 Å². The minimum atomic E-state index is -0.465. The van der Waals surface area contributed by atoms with Crippen LogP contribution in [0.15, 0.2) is 30.6 Å². The summed E-state index contributed by atoms with van der Waals surface area (Å²) < 4.78 is 13.4. The maximum absolute atomic E-state index is 13.4. The van der Waals surface area contributed by atoms with Crippen LogP contribution in [0.1, 0.15) is 10.4 Å². The van der Waals surface area contributed by atoms with Crippen LogP contribution in [0.2, 0.25) is 0 Å². The van der Waals surface area contributed by atoms with E-state index >= 15 is 0 Å². The molecular weight excluding hydrogens is 223 g/mol. The van der Waals surface area contributed by atoms with Gasteiger partial charge in [-0.15, -0.1) is 0 Å². The smallest absolute Gasteiger partial charge is 0.257 e. The van der Waals surface area contributed by atoms with Crippen LogP contribution in [-0.4, -0.2) is 23.2 Å². The Bertz CT molecular complexity index is 524. The monoisotopic (exact) mass is 234 g/mol. The highest BCUT2D eigenvalue weighted by atomic mass is 19.1. The number of hydrogen-bond donors (Lipinski definition) is 3. The molecule has 6 heteroatoms. The first-order chi connectivity index (χ1) is 8.22. The van der Waals surface area contributed by atoms with Gasteiger partial charge in [0.2, 0.25) is 0 Å². The number of anilines is 2. The minimum absolute atomic E-state index is 0.175. The number of para-hydroxylation sites is 1. The number of carbonyl (C=O) groups excluding carboxylic acids is 1. The average Bonchev–Trinajstić information content (AvgIpc) is 2.81. The first-order valence-corrected chi connectivity index (χ1v) is 4.98. The molecule has 5 nitrogen and oxygen atoms in total. The molecule has 1 aromatic heterocycles. The molecule has 2 rings (SSSR count). The van der Waals surface area contributed by atoms with Crippen molar-refractivity contribution in [3.63, 3.8) is 0 Å². The molecule has 0 unspecified atom stereocenters. The van der Waals surface area contributed by atoms with E-state index < -0.39 is 11.7 Å². The number of nitrogens with zero attached hydrogens (tertiary/aromatic N) is 1. The molecule has 1 heterocycles. The molecule has 0 spiro atoms. The van der Waals surface area contributed by atoms with Crippen molar-refractivity contribution in [2.24, 2.45) is 0 Å². The first kappa shape index (κ1) is 11.1. The van der Waals surface area contributed by atoms with Gasteiger partial charge in [-0.2, -0.15) is 5.10 Å². The van der Waals surface area contributed by atoms with E-state index in [9.17, 15) is 9.18 Å². The molecule has 0 aliphatic heterocycles. The third-order valence-electron chi connectivity index (χ3n) is 2.26. The van der Waals surface area contributed by atoms with Gasteiger partial charge in [-0.05, 0) is 12.1 Å². The predicted molar refractivity (Wildman–Crippen MR) is 62.5 cm³/mol. The second-order valence-corrected chi connectivity index (χ2v) is 3.35. The second-order valence-electron chi connectivity index (χ2n) is 3.35. The number of aromatic amines is 1. The zero-order valence-corrected chi connectivity index (χ0v) is 9.12. The average molecular weight is 234 g/mol. The molecule has 0 atom stereocenters. The quantitative estimate of drug-likeness (QED) is 0.759. The second kappa shape index (κ2) is 4.65. The molecule has 0 aliphatic carbocycles. The maximum atomic E-state index is 13.4. The number of aromatic nitrogens is 2. The molecule has 2 aromatic rings. The molecule has 3 N–H and O–H groups in total. The van der Waals surface area contributed by atoms with Gasteiger partial charge in [0.25, 0.3) is 5.91 Å². The van der Waals surface area contributed by atoms with Crippen LogP contribution in [0.5, 0.6) is 0 Å². The summed E-state index contributed by atoms with van der Waals surface area (Å²) in [6.45, 7) is 0. The fraction of sp³-hybridized carbons (Fsp3) is 0.0909. The molecule has 0 saturated heterocycles. The van der Waals surface area contributed by atoms with Crippen LogP contribution < -0.4 is 10.6 Å². The largest absolute Gasteiger partial charge is 0.385 e. The molecule has 0 radical (unpaired) electrons. The molecule has 88 valence electrons. The maximum Gasteiger partial charge on any atom is 0.257 e. The van der Waals surface area contributed by atoms with Crippen molar-refractivity contribution >= 4 is 17.3 Å². The Balaban J connectivity index is 2.28. The summed E-state index contributed by atoms with van der Waals surface area (Å²) >= 11 is 0. The normalized spacial score (nSPS) is 10.0. The Hall–Kier alpha value is -2.37. The van der Waals surface area contributed by atoms with Gasteiger partial charge in [-0.3, -0.25) is 9.89 Å². The van der Waals surface area contributed by atoms with Gasteiger partial charge in [0, 0.05) is 13.2 Å². The Labute approximate surface area is 97.0 Å². The summed E-state index contributed by atoms with van der Waals surface area (Å²) in [5, 5.41) is 11.5. The van der Waals surface area contributed by atoms with Crippen molar-refractivity contribution in [2.45, 2.75) is 0 Å². The summed E-state index contributed by atoms with van der Waals surface area (Å²) in [4.78, 5) is 11.9. The van der Waals surface area contributed by atoms with Crippen LogP contribution in [0, 0.1) is 5.82 Å². The van der Waals surface area contributed by atoms with Gasteiger partial charge in [0.05, 0.1) is 23.1 Å². The van der Waals surface area contributed by atoms with Gasteiger partial charge in [0.15, 0.2) is 0 Å². The standard InChI is InChI=1S/C11H11FN4O/c1-13-10-8(3-2-4-9(10)12)11(17)16-7-5-14-15-6-7/h2-6,13H,1H3,(H,14,15)(H,16,17). The number of rotatable bonds is 3. The number of carbonyl (C=O) groups is 1. The van der Waals surface area contributed by atoms with Crippen molar-refractivity contribution in [3.8, 4) is 0 Å². The summed E-state index contributed by atoms with van der Waals surface area (Å²) in [5.74, 6) is -0.859. The summed E-state index contributed by atoms with van der Waals surface area (Å²) in [6.07, 6.45) is 3.01. The zero-order chi connectivity index (χ0) is 12.3. The van der Waals surface area contributed by atoms with E-state index in [-0.39, 0.29) is 11.3 Å². The van der Waals surface area contributed by atoms with Gasteiger partial charge >= 0.3 is 0 Å². The van der Waals surface area contributed by atoms with Gasteiger partial charge in [-0.25, -0.2) is 4.39 Å². The lowest BCUT2D eigenvalue weighted by Gasteiger charge is -2.09. The van der Waals surface area contributed by atoms with Crippen molar-refractivity contribution in [2.75, 3.05) is 17.7 Å². The third kappa shape index (κ3) is 2.25. The predicted octanol–water partition coefficient (Wildman–Crippen LogP) is 1.84. The third-order valence-corrected chi connectivity index (χ3v) is 2.26. The lowest BCUT2D eigenvalue weighted by atomic mass is 10.1. The number of nitrogens with one attached hydrogen (secondary N) is 3. The van der Waals surface area contributed by atoms with Crippen LogP contribution >= 0.6 is 0 Å². The van der Waals surface area contributed by atoms with E-state index in [0.717, 1.165) is 0 Å². The Kier molecular flexibility index (Phi) is 3.04. The highest BCUT2D eigenvalue weighted by Crippen LogP contribution is 2.20. The van der Waals surface area contributed by atoms with E-state index in [4.69, 9.17) is 0 Å². The fourth-order valence-electron chi connectivity index (χ4n) is 1.49. The van der Waals surface area contributed by atoms with E-state index in [1.807, 2.05) is 0 Å². The number of amides is 1. The Morgan fingerprint density at radius 1 is 1.47 bits per heavy atom. The molecule has 0 saturated carbocycles. The molecule has 17 heavy (non-hydrogen) atoms. The lowest BCUT2D eigenvalue weighted by molar-refractivity contribution is 0.102. The van der Waals surface area contributed by atoms with Crippen LogP contribution in [0.3, 0.4) is 0 Å². The summed E-state index contributed by atoms with van der Waals surface area (Å²) in [5.41, 5.74) is 0.948. The van der Waals surface area contributed by atoms with Crippen molar-refractivity contribution in [3.05, 3.63) is 42.0 Å².